The van der Waals surface area contributed by atoms with Crippen molar-refractivity contribution in [3.8, 4) is 0 Å². The maximum absolute atomic E-state index is 12.8. The average molecular weight is 355 g/mol. The van der Waals surface area contributed by atoms with E-state index < -0.39 is 0 Å². The molecule has 0 spiro atoms. The Bertz CT molecular complexity index is 694. The molecule has 1 aromatic rings. The summed E-state index contributed by atoms with van der Waals surface area (Å²) in [6.07, 6.45) is 3.89. The highest BCUT2D eigenvalue weighted by molar-refractivity contribution is 6.00. The lowest BCUT2D eigenvalue weighted by molar-refractivity contribution is -0.139. The highest BCUT2D eigenvalue weighted by Gasteiger charge is 2.39. The summed E-state index contributed by atoms with van der Waals surface area (Å²) in [5.41, 5.74) is 0.850. The third kappa shape index (κ3) is 3.59. The first-order valence-electron chi connectivity index (χ1n) is 9.56. The van der Waals surface area contributed by atoms with Gasteiger partial charge >= 0.3 is 0 Å². The molecule has 2 heterocycles. The Labute approximate surface area is 153 Å². The minimum absolute atomic E-state index is 0.00764. The summed E-state index contributed by atoms with van der Waals surface area (Å²) in [6.45, 7) is 1.67. The number of para-hydroxylation sites is 1. The lowest BCUT2D eigenvalue weighted by atomic mass is 9.94. The van der Waals surface area contributed by atoms with Crippen LogP contribution in [0.2, 0.25) is 0 Å². The molecular formula is C20H25N3O3. The normalized spacial score (nSPS) is 24.0. The fraction of sp³-hybridized carbons (Fsp3) is 0.550. The molecule has 6 heteroatoms. The van der Waals surface area contributed by atoms with E-state index in [0.717, 1.165) is 18.5 Å². The maximum Gasteiger partial charge on any atom is 0.228 e. The topological polar surface area (TPSA) is 69.7 Å². The van der Waals surface area contributed by atoms with Gasteiger partial charge in [-0.25, -0.2) is 0 Å². The quantitative estimate of drug-likeness (QED) is 0.891. The predicted molar refractivity (Wildman–Crippen MR) is 97.4 cm³/mol. The van der Waals surface area contributed by atoms with Gasteiger partial charge in [0.15, 0.2) is 0 Å². The molecule has 26 heavy (non-hydrogen) atoms. The Kier molecular flexibility index (Phi) is 4.66. The van der Waals surface area contributed by atoms with E-state index in [1.54, 1.807) is 4.90 Å². The third-order valence-electron chi connectivity index (χ3n) is 5.64. The van der Waals surface area contributed by atoms with Gasteiger partial charge in [0.2, 0.25) is 17.7 Å². The van der Waals surface area contributed by atoms with Crippen molar-refractivity contribution >= 4 is 23.4 Å². The van der Waals surface area contributed by atoms with E-state index in [-0.39, 0.29) is 36.0 Å². The van der Waals surface area contributed by atoms with Crippen LogP contribution in [-0.4, -0.2) is 48.3 Å². The van der Waals surface area contributed by atoms with Crippen LogP contribution in [0.15, 0.2) is 30.3 Å². The Balaban J connectivity index is 1.31. The van der Waals surface area contributed by atoms with E-state index in [1.165, 1.54) is 0 Å². The summed E-state index contributed by atoms with van der Waals surface area (Å²) in [7, 11) is 0. The molecule has 0 unspecified atom stereocenters. The summed E-state index contributed by atoms with van der Waals surface area (Å²) in [4.78, 5) is 40.9. The fourth-order valence-corrected chi connectivity index (χ4v) is 3.90. The molecule has 1 aliphatic carbocycles. The van der Waals surface area contributed by atoms with Crippen molar-refractivity contribution in [3.63, 3.8) is 0 Å². The molecule has 138 valence electrons. The molecule has 3 aliphatic rings. The zero-order chi connectivity index (χ0) is 18.1. The van der Waals surface area contributed by atoms with Crippen molar-refractivity contribution in [1.29, 1.82) is 0 Å². The lowest BCUT2D eigenvalue weighted by Crippen LogP contribution is -2.45. The summed E-state index contributed by atoms with van der Waals surface area (Å²) < 4.78 is 0. The zero-order valence-corrected chi connectivity index (χ0v) is 14.9. The molecule has 1 aromatic carbocycles. The molecular weight excluding hydrogens is 330 g/mol. The van der Waals surface area contributed by atoms with Crippen LogP contribution in [0.3, 0.4) is 0 Å². The second kappa shape index (κ2) is 7.09. The van der Waals surface area contributed by atoms with Crippen molar-refractivity contribution in [2.75, 3.05) is 24.5 Å². The second-order valence-corrected chi connectivity index (χ2v) is 7.62. The van der Waals surface area contributed by atoms with E-state index in [2.05, 4.69) is 5.32 Å². The summed E-state index contributed by atoms with van der Waals surface area (Å²) in [6, 6.07) is 9.89. The standard InChI is InChI=1S/C20H25N3O3/c24-18-12-15(13-23(18)17-4-2-1-3-5-17)20(26)22-10-8-14(9-11-22)19(25)21-16-6-7-16/h1-5,14-16H,6-13H2,(H,21,25)/t15-/m0/s1. The lowest BCUT2D eigenvalue weighted by Gasteiger charge is -2.33. The number of hydrogen-bond acceptors (Lipinski definition) is 3. The molecule has 1 atom stereocenters. The van der Waals surface area contributed by atoms with Crippen LogP contribution in [0.25, 0.3) is 0 Å². The van der Waals surface area contributed by atoms with Gasteiger partial charge in [0.25, 0.3) is 0 Å². The number of benzene rings is 1. The number of likely N-dealkylation sites (tertiary alicyclic amines) is 1. The van der Waals surface area contributed by atoms with Crippen LogP contribution in [0.5, 0.6) is 0 Å². The van der Waals surface area contributed by atoms with Gasteiger partial charge in [-0.2, -0.15) is 0 Å². The van der Waals surface area contributed by atoms with Crippen molar-refractivity contribution in [2.24, 2.45) is 11.8 Å². The molecule has 1 saturated carbocycles. The number of nitrogens with zero attached hydrogens (tertiary/aromatic N) is 2. The highest BCUT2D eigenvalue weighted by Crippen LogP contribution is 2.28. The molecule has 0 radical (unpaired) electrons. The molecule has 3 fully saturated rings. The van der Waals surface area contributed by atoms with Gasteiger partial charge in [0.05, 0.1) is 5.92 Å². The number of anilines is 1. The van der Waals surface area contributed by atoms with Crippen LogP contribution in [-0.2, 0) is 14.4 Å². The first-order valence-corrected chi connectivity index (χ1v) is 9.56. The first-order chi connectivity index (χ1) is 12.6. The zero-order valence-electron chi connectivity index (χ0n) is 14.9. The molecule has 0 aromatic heterocycles. The molecule has 6 nitrogen and oxygen atoms in total. The van der Waals surface area contributed by atoms with E-state index in [0.29, 0.717) is 38.5 Å². The van der Waals surface area contributed by atoms with E-state index in [4.69, 9.17) is 0 Å². The number of amides is 3. The van der Waals surface area contributed by atoms with Gasteiger partial charge in [0.1, 0.15) is 0 Å². The van der Waals surface area contributed by atoms with Crippen molar-refractivity contribution in [1.82, 2.24) is 10.2 Å². The molecule has 0 bridgehead atoms. The summed E-state index contributed by atoms with van der Waals surface area (Å²) in [5, 5.41) is 3.06. The van der Waals surface area contributed by atoms with Crippen LogP contribution >= 0.6 is 0 Å². The minimum atomic E-state index is -0.278. The molecule has 2 aliphatic heterocycles. The Morgan fingerprint density at radius 1 is 0.962 bits per heavy atom. The highest BCUT2D eigenvalue weighted by atomic mass is 16.2. The van der Waals surface area contributed by atoms with E-state index >= 15 is 0 Å². The van der Waals surface area contributed by atoms with Crippen molar-refractivity contribution < 1.29 is 14.4 Å². The smallest absolute Gasteiger partial charge is 0.228 e. The van der Waals surface area contributed by atoms with Crippen LogP contribution < -0.4 is 10.2 Å². The molecule has 3 amide bonds. The number of carbonyl (C=O) groups excluding carboxylic acids is 3. The van der Waals surface area contributed by atoms with Gasteiger partial charge in [-0.3, -0.25) is 14.4 Å². The SMILES string of the molecule is O=C(NC1CC1)C1CCN(C(=O)[C@H]2CC(=O)N(c3ccccc3)C2)CC1. The largest absolute Gasteiger partial charge is 0.353 e. The number of hydrogen-bond donors (Lipinski definition) is 1. The minimum Gasteiger partial charge on any atom is -0.353 e. The predicted octanol–water partition coefficient (Wildman–Crippen LogP) is 1.56. The maximum atomic E-state index is 12.8. The fourth-order valence-electron chi connectivity index (χ4n) is 3.90. The number of rotatable bonds is 4. The van der Waals surface area contributed by atoms with E-state index in [1.807, 2.05) is 35.2 Å². The van der Waals surface area contributed by atoms with Gasteiger partial charge in [0, 0.05) is 43.7 Å². The molecule has 1 N–H and O–H groups in total. The number of carbonyl (C=O) groups is 3. The van der Waals surface area contributed by atoms with Gasteiger partial charge in [-0.1, -0.05) is 18.2 Å². The number of nitrogens with one attached hydrogen (secondary N) is 1. The monoisotopic (exact) mass is 355 g/mol. The second-order valence-electron chi connectivity index (χ2n) is 7.62. The van der Waals surface area contributed by atoms with Crippen molar-refractivity contribution in [2.45, 2.75) is 38.1 Å². The Hall–Kier alpha value is -2.37. The number of piperidine rings is 1. The average Bonchev–Trinajstić information content (AvgIpc) is 3.40. The third-order valence-corrected chi connectivity index (χ3v) is 5.64. The first kappa shape index (κ1) is 17.1. The van der Waals surface area contributed by atoms with E-state index in [9.17, 15) is 14.4 Å². The van der Waals surface area contributed by atoms with Crippen LogP contribution in [0.1, 0.15) is 32.1 Å². The Morgan fingerprint density at radius 3 is 2.31 bits per heavy atom. The van der Waals surface area contributed by atoms with Gasteiger partial charge in [-0.05, 0) is 37.8 Å². The molecule has 2 saturated heterocycles. The molecule has 4 rings (SSSR count). The van der Waals surface area contributed by atoms with Gasteiger partial charge < -0.3 is 15.1 Å². The van der Waals surface area contributed by atoms with Gasteiger partial charge in [-0.15, -0.1) is 0 Å². The Morgan fingerprint density at radius 2 is 1.65 bits per heavy atom. The van der Waals surface area contributed by atoms with Crippen LogP contribution in [0.4, 0.5) is 5.69 Å². The van der Waals surface area contributed by atoms with Crippen molar-refractivity contribution in [3.05, 3.63) is 30.3 Å². The van der Waals surface area contributed by atoms with Crippen LogP contribution in [0, 0.1) is 11.8 Å². The summed E-state index contributed by atoms with van der Waals surface area (Å²) in [5.74, 6) is -0.0535. The summed E-state index contributed by atoms with van der Waals surface area (Å²) >= 11 is 0.